The van der Waals surface area contributed by atoms with Crippen LogP contribution in [0.25, 0.3) is 0 Å². The van der Waals surface area contributed by atoms with Gasteiger partial charge in [-0.05, 0) is 56.3 Å². The van der Waals surface area contributed by atoms with E-state index in [9.17, 15) is 0 Å². The summed E-state index contributed by atoms with van der Waals surface area (Å²) in [4.78, 5) is 5.31. The third kappa shape index (κ3) is 2.84. The number of aryl methyl sites for hydroxylation is 1. The minimum absolute atomic E-state index is 0.674. The summed E-state index contributed by atoms with van der Waals surface area (Å²) >= 11 is 0. The maximum Gasteiger partial charge on any atom is 0.0594 e. The summed E-state index contributed by atoms with van der Waals surface area (Å²) in [6, 6.07) is 5.25. The topological polar surface area (TPSA) is 20.6 Å². The summed E-state index contributed by atoms with van der Waals surface area (Å²) < 4.78 is 7.73. The van der Waals surface area contributed by atoms with Crippen LogP contribution in [0.1, 0.15) is 31.4 Å². The van der Waals surface area contributed by atoms with Crippen LogP contribution in [0.2, 0.25) is 0 Å². The normalized spacial score (nSPS) is 27.1. The Balaban J connectivity index is 1.25. The van der Waals surface area contributed by atoms with Gasteiger partial charge >= 0.3 is 0 Å². The quantitative estimate of drug-likeness (QED) is 0.853. The molecule has 4 rings (SSSR count). The molecule has 0 atom stereocenters. The van der Waals surface area contributed by atoms with Crippen LogP contribution in [0.3, 0.4) is 0 Å². The number of hydrogen-bond acceptors (Lipinski definition) is 3. The van der Waals surface area contributed by atoms with E-state index in [4.69, 9.17) is 4.74 Å². The van der Waals surface area contributed by atoms with Crippen molar-refractivity contribution in [3.05, 3.63) is 24.0 Å². The predicted octanol–water partition coefficient (Wildman–Crippen LogP) is 2.10. The molecule has 3 fully saturated rings. The second-order valence-electron chi connectivity index (χ2n) is 7.60. The molecule has 2 saturated heterocycles. The average Bonchev–Trinajstić information content (AvgIpc) is 2.92. The lowest BCUT2D eigenvalue weighted by Crippen LogP contribution is -2.57. The van der Waals surface area contributed by atoms with Gasteiger partial charge in [-0.3, -0.25) is 9.80 Å². The summed E-state index contributed by atoms with van der Waals surface area (Å²) in [5, 5.41) is 0. The number of hydrogen-bond donors (Lipinski definition) is 0. The number of ether oxygens (including phenoxy) is 1. The van der Waals surface area contributed by atoms with Gasteiger partial charge in [0.1, 0.15) is 0 Å². The van der Waals surface area contributed by atoms with Crippen molar-refractivity contribution in [2.24, 2.45) is 12.5 Å². The fourth-order valence-corrected chi connectivity index (χ4v) is 4.62. The lowest BCUT2D eigenvalue weighted by molar-refractivity contribution is -0.0741. The standard InChI is InChI=1S/C18H29N3O/c1-19-6-2-3-16(19)15-20-7-4-18(5-8-20)13-17(14-18)21-9-11-22-12-10-21/h2-3,6,17H,4-5,7-15H2,1H3. The van der Waals surface area contributed by atoms with E-state index in [0.29, 0.717) is 5.41 Å². The van der Waals surface area contributed by atoms with Crippen LogP contribution in [-0.4, -0.2) is 59.8 Å². The molecule has 4 nitrogen and oxygen atoms in total. The first kappa shape index (κ1) is 14.7. The van der Waals surface area contributed by atoms with Crippen LogP contribution in [0.4, 0.5) is 0 Å². The molecule has 3 heterocycles. The molecule has 3 aliphatic rings. The lowest BCUT2D eigenvalue weighted by Gasteiger charge is -2.55. The molecule has 0 aromatic carbocycles. The van der Waals surface area contributed by atoms with E-state index < -0.39 is 0 Å². The molecule has 1 aromatic rings. The molecule has 0 radical (unpaired) electrons. The van der Waals surface area contributed by atoms with E-state index in [1.54, 1.807) is 0 Å². The van der Waals surface area contributed by atoms with Crippen LogP contribution in [-0.2, 0) is 18.3 Å². The highest BCUT2D eigenvalue weighted by Crippen LogP contribution is 2.51. The third-order valence-corrected chi connectivity index (χ3v) is 6.25. The number of aromatic nitrogens is 1. The number of rotatable bonds is 3. The summed E-state index contributed by atoms with van der Waals surface area (Å²) in [5.74, 6) is 0. The van der Waals surface area contributed by atoms with Crippen molar-refractivity contribution in [3.63, 3.8) is 0 Å². The highest BCUT2D eigenvalue weighted by molar-refractivity contribution is 5.07. The zero-order valence-electron chi connectivity index (χ0n) is 13.8. The summed E-state index contributed by atoms with van der Waals surface area (Å²) in [6.45, 7) is 7.86. The van der Waals surface area contributed by atoms with Gasteiger partial charge in [0.15, 0.2) is 0 Å². The van der Waals surface area contributed by atoms with Crippen LogP contribution in [0.15, 0.2) is 18.3 Å². The molecule has 0 bridgehead atoms. The number of likely N-dealkylation sites (tertiary alicyclic amines) is 1. The Bertz CT molecular complexity index is 490. The molecule has 122 valence electrons. The van der Waals surface area contributed by atoms with Gasteiger partial charge < -0.3 is 9.30 Å². The van der Waals surface area contributed by atoms with E-state index in [1.807, 2.05) is 0 Å². The molecule has 0 N–H and O–H groups in total. The van der Waals surface area contributed by atoms with Crippen molar-refractivity contribution in [1.29, 1.82) is 0 Å². The Morgan fingerprint density at radius 1 is 1.14 bits per heavy atom. The first-order valence-corrected chi connectivity index (χ1v) is 8.89. The minimum Gasteiger partial charge on any atom is -0.379 e. The van der Waals surface area contributed by atoms with Gasteiger partial charge in [0.2, 0.25) is 0 Å². The van der Waals surface area contributed by atoms with E-state index >= 15 is 0 Å². The Hall–Kier alpha value is -0.840. The lowest BCUT2D eigenvalue weighted by atomic mass is 9.60. The first-order chi connectivity index (χ1) is 10.7. The molecule has 22 heavy (non-hydrogen) atoms. The maximum absolute atomic E-state index is 5.48. The highest BCUT2D eigenvalue weighted by atomic mass is 16.5. The highest BCUT2D eigenvalue weighted by Gasteiger charge is 2.47. The minimum atomic E-state index is 0.674. The van der Waals surface area contributed by atoms with Crippen LogP contribution in [0.5, 0.6) is 0 Å². The second-order valence-corrected chi connectivity index (χ2v) is 7.60. The van der Waals surface area contributed by atoms with Gasteiger partial charge in [-0.25, -0.2) is 0 Å². The number of morpholine rings is 1. The second kappa shape index (κ2) is 5.99. The van der Waals surface area contributed by atoms with Gasteiger partial charge in [0.05, 0.1) is 13.2 Å². The Kier molecular flexibility index (Phi) is 4.01. The predicted molar refractivity (Wildman–Crippen MR) is 87.8 cm³/mol. The van der Waals surface area contributed by atoms with E-state index in [0.717, 1.165) is 38.9 Å². The molecule has 1 aliphatic carbocycles. The monoisotopic (exact) mass is 303 g/mol. The van der Waals surface area contributed by atoms with E-state index in [1.165, 1.54) is 44.5 Å². The molecular weight excluding hydrogens is 274 g/mol. The van der Waals surface area contributed by atoms with E-state index in [2.05, 4.69) is 39.7 Å². The third-order valence-electron chi connectivity index (χ3n) is 6.25. The molecule has 4 heteroatoms. The summed E-state index contributed by atoms with van der Waals surface area (Å²) in [7, 11) is 2.15. The van der Waals surface area contributed by atoms with E-state index in [-0.39, 0.29) is 0 Å². The van der Waals surface area contributed by atoms with Crippen LogP contribution < -0.4 is 0 Å². The molecular formula is C18H29N3O. The van der Waals surface area contributed by atoms with Crippen LogP contribution >= 0.6 is 0 Å². The van der Waals surface area contributed by atoms with Gasteiger partial charge in [0.25, 0.3) is 0 Å². The van der Waals surface area contributed by atoms with Gasteiger partial charge in [0, 0.05) is 44.6 Å². The Morgan fingerprint density at radius 2 is 1.86 bits per heavy atom. The zero-order valence-corrected chi connectivity index (χ0v) is 13.8. The van der Waals surface area contributed by atoms with Crippen molar-refractivity contribution in [3.8, 4) is 0 Å². The number of piperidine rings is 1. The molecule has 0 amide bonds. The van der Waals surface area contributed by atoms with Crippen molar-refractivity contribution < 1.29 is 4.74 Å². The van der Waals surface area contributed by atoms with Crippen molar-refractivity contribution >= 4 is 0 Å². The van der Waals surface area contributed by atoms with Gasteiger partial charge in [-0.2, -0.15) is 0 Å². The summed E-state index contributed by atoms with van der Waals surface area (Å²) in [5.41, 5.74) is 2.11. The molecule has 1 saturated carbocycles. The van der Waals surface area contributed by atoms with Crippen LogP contribution in [0, 0.1) is 5.41 Å². The molecule has 1 spiro atoms. The molecule has 0 unspecified atom stereocenters. The van der Waals surface area contributed by atoms with Gasteiger partial charge in [-0.15, -0.1) is 0 Å². The fraction of sp³-hybridized carbons (Fsp3) is 0.778. The zero-order chi connectivity index (χ0) is 15.0. The van der Waals surface area contributed by atoms with Crippen molar-refractivity contribution in [1.82, 2.24) is 14.4 Å². The Labute approximate surface area is 134 Å². The summed E-state index contributed by atoms with van der Waals surface area (Å²) in [6.07, 6.45) is 7.83. The largest absolute Gasteiger partial charge is 0.379 e. The van der Waals surface area contributed by atoms with Gasteiger partial charge in [-0.1, -0.05) is 0 Å². The average molecular weight is 303 g/mol. The molecule has 1 aromatic heterocycles. The van der Waals surface area contributed by atoms with Crippen molar-refractivity contribution in [2.75, 3.05) is 39.4 Å². The smallest absolute Gasteiger partial charge is 0.0594 e. The SMILES string of the molecule is Cn1cccc1CN1CCC2(CC1)CC(N1CCOCC1)C2. The number of nitrogens with zero attached hydrogens (tertiary/aromatic N) is 3. The molecule has 2 aliphatic heterocycles. The van der Waals surface area contributed by atoms with Crippen molar-refractivity contribution in [2.45, 2.75) is 38.3 Å². The first-order valence-electron chi connectivity index (χ1n) is 8.89. The fourth-order valence-electron chi connectivity index (χ4n) is 4.62. The maximum atomic E-state index is 5.48. The Morgan fingerprint density at radius 3 is 2.50 bits per heavy atom.